The molecule has 1 amide bonds. The first-order chi connectivity index (χ1) is 9.86. The van der Waals surface area contributed by atoms with E-state index in [4.69, 9.17) is 15.7 Å². The Hall–Kier alpha value is -1.16. The molecule has 1 aliphatic rings. The summed E-state index contributed by atoms with van der Waals surface area (Å²) in [5.74, 6) is -0.0639. The van der Waals surface area contributed by atoms with Crippen molar-refractivity contribution in [2.45, 2.75) is 33.2 Å². The van der Waals surface area contributed by atoms with Crippen LogP contribution in [0.3, 0.4) is 0 Å². The van der Waals surface area contributed by atoms with E-state index in [2.05, 4.69) is 11.0 Å². The van der Waals surface area contributed by atoms with Crippen molar-refractivity contribution < 1.29 is 9.53 Å². The highest BCUT2D eigenvalue weighted by molar-refractivity contribution is 5.82. The number of amides is 1. The molecule has 1 fully saturated rings. The maximum Gasteiger partial charge on any atom is 0.240 e. The first kappa shape index (κ1) is 17.9. The van der Waals surface area contributed by atoms with Crippen LogP contribution in [0.25, 0.3) is 0 Å². The highest BCUT2D eigenvalue weighted by Gasteiger charge is 2.31. The molecule has 1 heterocycles. The van der Waals surface area contributed by atoms with E-state index >= 15 is 0 Å². The number of nitrogens with zero attached hydrogens (tertiary/aromatic N) is 3. The number of morpholine rings is 1. The second kappa shape index (κ2) is 8.32. The summed E-state index contributed by atoms with van der Waals surface area (Å²) in [5, 5.41) is 8.77. The van der Waals surface area contributed by atoms with Crippen LogP contribution in [-0.4, -0.2) is 67.7 Å². The molecule has 1 unspecified atom stereocenters. The summed E-state index contributed by atoms with van der Waals surface area (Å²) in [5.41, 5.74) is 5.79. The Kier molecular flexibility index (Phi) is 7.09. The molecule has 0 radical (unpaired) electrons. The molecule has 21 heavy (non-hydrogen) atoms. The van der Waals surface area contributed by atoms with Crippen LogP contribution in [0.5, 0.6) is 0 Å². The Morgan fingerprint density at radius 1 is 1.38 bits per heavy atom. The minimum atomic E-state index is -0.541. The zero-order valence-electron chi connectivity index (χ0n) is 13.5. The van der Waals surface area contributed by atoms with Crippen LogP contribution in [0.4, 0.5) is 0 Å². The lowest BCUT2D eigenvalue weighted by molar-refractivity contribution is -0.135. The average Bonchev–Trinajstić information content (AvgIpc) is 2.46. The molecule has 0 aliphatic carbocycles. The van der Waals surface area contributed by atoms with Crippen molar-refractivity contribution in [3.8, 4) is 6.07 Å². The third-order valence-electron chi connectivity index (χ3n) is 3.79. The quantitative estimate of drug-likeness (QED) is 0.769. The van der Waals surface area contributed by atoms with Crippen molar-refractivity contribution in [1.29, 1.82) is 5.26 Å². The summed E-state index contributed by atoms with van der Waals surface area (Å²) in [4.78, 5) is 16.5. The van der Waals surface area contributed by atoms with Gasteiger partial charge in [0.25, 0.3) is 0 Å². The van der Waals surface area contributed by atoms with E-state index in [-0.39, 0.29) is 11.3 Å². The van der Waals surface area contributed by atoms with E-state index < -0.39 is 6.04 Å². The first-order valence-electron chi connectivity index (χ1n) is 7.57. The lowest BCUT2D eigenvalue weighted by Gasteiger charge is -2.34. The zero-order valence-corrected chi connectivity index (χ0v) is 13.5. The topological polar surface area (TPSA) is 82.6 Å². The SMILES string of the molecule is CC(C)(C)C(N)C(=O)N(CCC#N)CCN1CCOCC1. The lowest BCUT2D eigenvalue weighted by Crippen LogP contribution is -2.52. The minimum absolute atomic E-state index is 0.0639. The zero-order chi connectivity index (χ0) is 15.9. The van der Waals surface area contributed by atoms with E-state index in [0.717, 1.165) is 32.8 Å². The monoisotopic (exact) mass is 296 g/mol. The molecule has 0 aromatic heterocycles. The van der Waals surface area contributed by atoms with Gasteiger partial charge in [-0.3, -0.25) is 9.69 Å². The minimum Gasteiger partial charge on any atom is -0.379 e. The molecule has 0 bridgehead atoms. The van der Waals surface area contributed by atoms with Gasteiger partial charge < -0.3 is 15.4 Å². The van der Waals surface area contributed by atoms with Crippen LogP contribution in [0.1, 0.15) is 27.2 Å². The van der Waals surface area contributed by atoms with Crippen LogP contribution >= 0.6 is 0 Å². The molecule has 2 N–H and O–H groups in total. The van der Waals surface area contributed by atoms with Gasteiger partial charge in [0.15, 0.2) is 0 Å². The predicted molar refractivity (Wildman–Crippen MR) is 81.5 cm³/mol. The van der Waals surface area contributed by atoms with E-state index in [0.29, 0.717) is 19.5 Å². The van der Waals surface area contributed by atoms with E-state index in [1.165, 1.54) is 0 Å². The van der Waals surface area contributed by atoms with E-state index in [1.54, 1.807) is 4.90 Å². The number of carbonyl (C=O) groups is 1. The fourth-order valence-corrected chi connectivity index (χ4v) is 2.17. The number of ether oxygens (including phenoxy) is 1. The predicted octanol–water partition coefficient (Wildman–Crippen LogP) is 0.434. The standard InChI is InChI=1S/C15H28N4O2/c1-15(2,3)13(17)14(20)19(6-4-5-16)8-7-18-9-11-21-12-10-18/h13H,4,6-12,17H2,1-3H3. The van der Waals surface area contributed by atoms with Gasteiger partial charge in [0.1, 0.15) is 0 Å². The summed E-state index contributed by atoms with van der Waals surface area (Å²) in [6.45, 7) is 11.0. The number of hydrogen-bond donors (Lipinski definition) is 1. The van der Waals surface area contributed by atoms with Gasteiger partial charge in [-0.2, -0.15) is 5.26 Å². The van der Waals surface area contributed by atoms with Crippen LogP contribution in [0.15, 0.2) is 0 Å². The molecule has 1 atom stereocenters. The van der Waals surface area contributed by atoms with Gasteiger partial charge in [0, 0.05) is 32.7 Å². The second-order valence-electron chi connectivity index (χ2n) is 6.53. The van der Waals surface area contributed by atoms with Crippen molar-refractivity contribution in [2.75, 3.05) is 45.9 Å². The van der Waals surface area contributed by atoms with Gasteiger partial charge in [0.2, 0.25) is 5.91 Å². The third-order valence-corrected chi connectivity index (χ3v) is 3.79. The molecule has 0 saturated carbocycles. The molecule has 0 aromatic carbocycles. The molecular weight excluding hydrogens is 268 g/mol. The van der Waals surface area contributed by atoms with Crippen LogP contribution in [-0.2, 0) is 9.53 Å². The van der Waals surface area contributed by atoms with Gasteiger partial charge in [-0.1, -0.05) is 20.8 Å². The molecule has 0 spiro atoms. The highest BCUT2D eigenvalue weighted by Crippen LogP contribution is 2.19. The fourth-order valence-electron chi connectivity index (χ4n) is 2.17. The normalized spacial score (nSPS) is 18.0. The highest BCUT2D eigenvalue weighted by atomic mass is 16.5. The van der Waals surface area contributed by atoms with E-state index in [9.17, 15) is 4.79 Å². The lowest BCUT2D eigenvalue weighted by atomic mass is 9.86. The summed E-state index contributed by atoms with van der Waals surface area (Å²) in [7, 11) is 0. The maximum atomic E-state index is 12.5. The Balaban J connectivity index is 2.57. The molecule has 1 rings (SSSR count). The van der Waals surface area contributed by atoms with Gasteiger partial charge in [-0.15, -0.1) is 0 Å². The van der Waals surface area contributed by atoms with Crippen molar-refractivity contribution in [2.24, 2.45) is 11.1 Å². The smallest absolute Gasteiger partial charge is 0.240 e. The van der Waals surface area contributed by atoms with Gasteiger partial charge in [0.05, 0.1) is 31.7 Å². The number of carbonyl (C=O) groups excluding carboxylic acids is 1. The summed E-state index contributed by atoms with van der Waals surface area (Å²) >= 11 is 0. The molecule has 6 heteroatoms. The van der Waals surface area contributed by atoms with Crippen molar-refractivity contribution in [3.63, 3.8) is 0 Å². The largest absolute Gasteiger partial charge is 0.379 e. The molecule has 1 saturated heterocycles. The Morgan fingerprint density at radius 3 is 2.52 bits per heavy atom. The number of nitrogens with two attached hydrogens (primary N) is 1. The Labute approximate surface area is 127 Å². The second-order valence-corrected chi connectivity index (χ2v) is 6.53. The van der Waals surface area contributed by atoms with Crippen molar-refractivity contribution in [3.05, 3.63) is 0 Å². The number of nitriles is 1. The van der Waals surface area contributed by atoms with Gasteiger partial charge >= 0.3 is 0 Å². The van der Waals surface area contributed by atoms with Gasteiger partial charge in [-0.05, 0) is 5.41 Å². The Morgan fingerprint density at radius 2 is 2.00 bits per heavy atom. The molecule has 6 nitrogen and oxygen atoms in total. The third kappa shape index (κ3) is 6.00. The summed E-state index contributed by atoms with van der Waals surface area (Å²) < 4.78 is 5.32. The molecule has 0 aromatic rings. The number of rotatable bonds is 6. The average molecular weight is 296 g/mol. The van der Waals surface area contributed by atoms with Crippen molar-refractivity contribution in [1.82, 2.24) is 9.80 Å². The first-order valence-corrected chi connectivity index (χ1v) is 7.57. The number of hydrogen-bond acceptors (Lipinski definition) is 5. The molecule has 120 valence electrons. The van der Waals surface area contributed by atoms with Crippen LogP contribution < -0.4 is 5.73 Å². The van der Waals surface area contributed by atoms with E-state index in [1.807, 2.05) is 20.8 Å². The van der Waals surface area contributed by atoms with Crippen LogP contribution in [0, 0.1) is 16.7 Å². The Bertz CT molecular complexity index is 367. The molecular formula is C15H28N4O2. The molecule has 1 aliphatic heterocycles. The maximum absolute atomic E-state index is 12.5. The van der Waals surface area contributed by atoms with Crippen LogP contribution in [0.2, 0.25) is 0 Å². The van der Waals surface area contributed by atoms with Gasteiger partial charge in [-0.25, -0.2) is 0 Å². The summed E-state index contributed by atoms with van der Waals surface area (Å²) in [6, 6.07) is 1.56. The fraction of sp³-hybridized carbons (Fsp3) is 0.867. The summed E-state index contributed by atoms with van der Waals surface area (Å²) in [6.07, 6.45) is 0.339. The van der Waals surface area contributed by atoms with Crippen molar-refractivity contribution >= 4 is 5.91 Å².